The number of benzene rings is 1. The molecular weight excluding hydrogens is 311 g/mol. The van der Waals surface area contributed by atoms with Crippen molar-refractivity contribution in [3.63, 3.8) is 0 Å². The van der Waals surface area contributed by atoms with Gasteiger partial charge in [-0.05, 0) is 31.5 Å². The predicted octanol–water partition coefficient (Wildman–Crippen LogP) is 4.55. The van der Waals surface area contributed by atoms with E-state index in [-0.39, 0.29) is 6.61 Å². The quantitative estimate of drug-likeness (QED) is 0.731. The van der Waals surface area contributed by atoms with Crippen LogP contribution in [0.15, 0.2) is 24.4 Å². The van der Waals surface area contributed by atoms with E-state index in [2.05, 4.69) is 18.9 Å². The highest BCUT2D eigenvalue weighted by Crippen LogP contribution is 2.32. The molecule has 0 radical (unpaired) electrons. The molecule has 4 nitrogen and oxygen atoms in total. The van der Waals surface area contributed by atoms with E-state index in [4.69, 9.17) is 27.9 Å². The van der Waals surface area contributed by atoms with Gasteiger partial charge in [-0.3, -0.25) is 9.48 Å². The maximum atomic E-state index is 11.1. The zero-order chi connectivity index (χ0) is 15.4. The number of carbonyl (C=O) groups is 1. The third kappa shape index (κ3) is 3.77. The lowest BCUT2D eigenvalue weighted by atomic mass is 10.2. The number of halogens is 2. The summed E-state index contributed by atoms with van der Waals surface area (Å²) in [6.07, 6.45) is 3.59. The zero-order valence-corrected chi connectivity index (χ0v) is 13.4. The van der Waals surface area contributed by atoms with Crippen LogP contribution < -0.4 is 4.74 Å². The number of nitrogens with zero attached hydrogens (tertiary/aromatic N) is 2. The monoisotopic (exact) mass is 326 g/mol. The molecule has 0 saturated carbocycles. The van der Waals surface area contributed by atoms with Crippen LogP contribution in [-0.4, -0.2) is 16.1 Å². The first-order valence-electron chi connectivity index (χ1n) is 6.66. The van der Waals surface area contributed by atoms with Gasteiger partial charge in [0, 0.05) is 17.3 Å². The van der Waals surface area contributed by atoms with E-state index in [1.165, 1.54) is 6.07 Å². The van der Waals surface area contributed by atoms with Crippen molar-refractivity contribution in [1.82, 2.24) is 9.78 Å². The first-order chi connectivity index (χ1) is 10.0. The summed E-state index contributed by atoms with van der Waals surface area (Å²) in [6, 6.07) is 5.29. The molecule has 0 amide bonds. The lowest BCUT2D eigenvalue weighted by Crippen LogP contribution is -2.06. The van der Waals surface area contributed by atoms with Gasteiger partial charge < -0.3 is 4.74 Å². The van der Waals surface area contributed by atoms with Gasteiger partial charge in [-0.2, -0.15) is 5.10 Å². The molecular formula is C15H16Cl2N2O2. The summed E-state index contributed by atoms with van der Waals surface area (Å²) >= 11 is 11.9. The molecule has 112 valence electrons. The Morgan fingerprint density at radius 1 is 1.43 bits per heavy atom. The molecule has 0 bridgehead atoms. The highest BCUT2D eigenvalue weighted by molar-refractivity contribution is 6.36. The van der Waals surface area contributed by atoms with Crippen molar-refractivity contribution in [2.75, 3.05) is 0 Å². The van der Waals surface area contributed by atoms with Crippen molar-refractivity contribution >= 4 is 29.5 Å². The molecule has 0 aliphatic carbocycles. The summed E-state index contributed by atoms with van der Waals surface area (Å²) in [7, 11) is 0. The number of aromatic nitrogens is 2. The van der Waals surface area contributed by atoms with Gasteiger partial charge in [-0.25, -0.2) is 0 Å². The second kappa shape index (κ2) is 6.96. The standard InChI is InChI=1S/C15H16Cl2N2O2/c1-3-10(2)19-5-4-13(18-19)9-21-15-11(8-20)6-12(16)7-14(15)17/h4-8,10H,3,9H2,1-2H3. The Balaban J connectivity index is 2.13. The number of aldehydes is 1. The minimum absolute atomic E-state index is 0.242. The first kappa shape index (κ1) is 15.9. The van der Waals surface area contributed by atoms with Gasteiger partial charge in [0.25, 0.3) is 0 Å². The molecule has 1 aromatic heterocycles. The van der Waals surface area contributed by atoms with E-state index in [1.54, 1.807) is 6.07 Å². The molecule has 0 aliphatic heterocycles. The van der Waals surface area contributed by atoms with Crippen LogP contribution in [0.4, 0.5) is 0 Å². The van der Waals surface area contributed by atoms with E-state index in [0.29, 0.717) is 33.7 Å². The average molecular weight is 327 g/mol. The molecule has 21 heavy (non-hydrogen) atoms. The third-order valence-corrected chi connectivity index (χ3v) is 3.73. The lowest BCUT2D eigenvalue weighted by molar-refractivity contribution is 0.111. The van der Waals surface area contributed by atoms with Gasteiger partial charge >= 0.3 is 0 Å². The van der Waals surface area contributed by atoms with Crippen molar-refractivity contribution in [1.29, 1.82) is 0 Å². The highest BCUT2D eigenvalue weighted by atomic mass is 35.5. The van der Waals surface area contributed by atoms with Gasteiger partial charge in [-0.15, -0.1) is 0 Å². The Hall–Kier alpha value is -1.52. The number of ether oxygens (including phenoxy) is 1. The smallest absolute Gasteiger partial charge is 0.153 e. The normalized spacial score (nSPS) is 12.2. The fourth-order valence-corrected chi connectivity index (χ4v) is 2.42. The van der Waals surface area contributed by atoms with Crippen LogP contribution >= 0.6 is 23.2 Å². The maximum Gasteiger partial charge on any atom is 0.153 e. The minimum Gasteiger partial charge on any atom is -0.485 e. The van der Waals surface area contributed by atoms with Crippen LogP contribution in [0, 0.1) is 0 Å². The van der Waals surface area contributed by atoms with Crippen LogP contribution in [0.3, 0.4) is 0 Å². The van der Waals surface area contributed by atoms with Crippen molar-refractivity contribution in [3.05, 3.63) is 45.7 Å². The molecule has 1 heterocycles. The topological polar surface area (TPSA) is 44.1 Å². The fraction of sp³-hybridized carbons (Fsp3) is 0.333. The predicted molar refractivity (Wildman–Crippen MR) is 83.4 cm³/mol. The van der Waals surface area contributed by atoms with E-state index in [9.17, 15) is 4.79 Å². The molecule has 1 unspecified atom stereocenters. The van der Waals surface area contributed by atoms with E-state index in [0.717, 1.165) is 12.1 Å². The Morgan fingerprint density at radius 2 is 2.19 bits per heavy atom. The zero-order valence-electron chi connectivity index (χ0n) is 11.8. The summed E-state index contributed by atoms with van der Waals surface area (Å²) < 4.78 is 7.52. The largest absolute Gasteiger partial charge is 0.485 e. The van der Waals surface area contributed by atoms with Crippen molar-refractivity contribution in [2.24, 2.45) is 0 Å². The molecule has 0 saturated heterocycles. The summed E-state index contributed by atoms with van der Waals surface area (Å²) in [5.74, 6) is 0.328. The van der Waals surface area contributed by atoms with E-state index in [1.807, 2.05) is 16.9 Å². The summed E-state index contributed by atoms with van der Waals surface area (Å²) in [5, 5.41) is 5.14. The molecule has 6 heteroatoms. The molecule has 1 aromatic carbocycles. The number of carbonyl (C=O) groups excluding carboxylic acids is 1. The number of hydrogen-bond donors (Lipinski definition) is 0. The molecule has 2 aromatic rings. The fourth-order valence-electron chi connectivity index (χ4n) is 1.85. The molecule has 2 rings (SSSR count). The first-order valence-corrected chi connectivity index (χ1v) is 7.41. The van der Waals surface area contributed by atoms with Gasteiger partial charge in [0.05, 0.1) is 16.3 Å². The van der Waals surface area contributed by atoms with Gasteiger partial charge in [0.15, 0.2) is 6.29 Å². The summed E-state index contributed by atoms with van der Waals surface area (Å²) in [4.78, 5) is 11.1. The van der Waals surface area contributed by atoms with Crippen LogP contribution in [-0.2, 0) is 6.61 Å². The van der Waals surface area contributed by atoms with Gasteiger partial charge in [-0.1, -0.05) is 30.1 Å². The molecule has 0 fully saturated rings. The second-order valence-corrected chi connectivity index (χ2v) is 5.60. The second-order valence-electron chi connectivity index (χ2n) is 4.76. The molecule has 0 N–H and O–H groups in total. The number of rotatable bonds is 6. The Bertz CT molecular complexity index is 641. The Labute approximate surface area is 133 Å². The van der Waals surface area contributed by atoms with Gasteiger partial charge in [0.1, 0.15) is 12.4 Å². The van der Waals surface area contributed by atoms with Crippen LogP contribution in [0.25, 0.3) is 0 Å². The average Bonchev–Trinajstić information content (AvgIpc) is 2.93. The summed E-state index contributed by atoms with van der Waals surface area (Å²) in [6.45, 7) is 4.44. The highest BCUT2D eigenvalue weighted by Gasteiger charge is 2.12. The molecule has 0 spiro atoms. The Morgan fingerprint density at radius 3 is 2.86 bits per heavy atom. The Kier molecular flexibility index (Phi) is 5.26. The van der Waals surface area contributed by atoms with Crippen molar-refractivity contribution in [3.8, 4) is 5.75 Å². The van der Waals surface area contributed by atoms with Crippen LogP contribution in [0.1, 0.15) is 42.4 Å². The van der Waals surface area contributed by atoms with Crippen LogP contribution in [0.2, 0.25) is 10.0 Å². The van der Waals surface area contributed by atoms with Gasteiger partial charge in [0.2, 0.25) is 0 Å². The minimum atomic E-state index is 0.242. The lowest BCUT2D eigenvalue weighted by Gasteiger charge is -2.10. The molecule has 0 aliphatic rings. The SMILES string of the molecule is CCC(C)n1ccc(COc2c(Cl)cc(Cl)cc2C=O)n1. The maximum absolute atomic E-state index is 11.1. The van der Waals surface area contributed by atoms with Crippen molar-refractivity contribution in [2.45, 2.75) is 32.9 Å². The van der Waals surface area contributed by atoms with E-state index >= 15 is 0 Å². The van der Waals surface area contributed by atoms with Crippen molar-refractivity contribution < 1.29 is 9.53 Å². The summed E-state index contributed by atoms with van der Waals surface area (Å²) in [5.41, 5.74) is 1.10. The van der Waals surface area contributed by atoms with E-state index < -0.39 is 0 Å². The third-order valence-electron chi connectivity index (χ3n) is 3.23. The van der Waals surface area contributed by atoms with Crippen LogP contribution in [0.5, 0.6) is 5.75 Å². The number of hydrogen-bond acceptors (Lipinski definition) is 3. The molecule has 1 atom stereocenters.